The van der Waals surface area contributed by atoms with Crippen LogP contribution in [0.15, 0.2) is 48.5 Å². The van der Waals surface area contributed by atoms with Crippen LogP contribution in [-0.4, -0.2) is 41.8 Å². The normalized spacial score (nSPS) is 19.9. The minimum Gasteiger partial charge on any atom is -0.481 e. The minimum atomic E-state index is -0.930. The maximum absolute atomic E-state index is 12.7. The number of carboxylic acids is 1. The molecule has 0 radical (unpaired) electrons. The maximum atomic E-state index is 12.7. The van der Waals surface area contributed by atoms with Crippen LogP contribution in [0.4, 0.5) is 4.79 Å². The molecule has 0 spiro atoms. The Hall–Kier alpha value is -3.35. The number of amides is 2. The van der Waals surface area contributed by atoms with Crippen molar-refractivity contribution in [1.82, 2.24) is 10.6 Å². The summed E-state index contributed by atoms with van der Waals surface area (Å²) in [6, 6.07) is 15.8. The van der Waals surface area contributed by atoms with Crippen LogP contribution in [0.3, 0.4) is 0 Å². The number of benzene rings is 2. The van der Waals surface area contributed by atoms with Crippen LogP contribution in [0.1, 0.15) is 56.6 Å². The molecule has 7 heteroatoms. The molecule has 0 aliphatic heterocycles. The average molecular weight is 465 g/mol. The third-order valence-electron chi connectivity index (χ3n) is 7.00. The Morgan fingerprint density at radius 2 is 1.62 bits per heavy atom. The van der Waals surface area contributed by atoms with Gasteiger partial charge in [0.05, 0.1) is 6.42 Å². The maximum Gasteiger partial charge on any atom is 0.407 e. The molecule has 0 bridgehead atoms. The number of nitrogens with one attached hydrogen (secondary N) is 2. The summed E-state index contributed by atoms with van der Waals surface area (Å²) < 4.78 is 5.62. The molecule has 2 unspecified atom stereocenters. The molecule has 2 aromatic carbocycles. The van der Waals surface area contributed by atoms with E-state index in [0.717, 1.165) is 11.1 Å². The molecule has 3 N–H and O–H groups in total. The topological polar surface area (TPSA) is 105 Å². The summed E-state index contributed by atoms with van der Waals surface area (Å²) in [5.74, 6) is -1.29. The van der Waals surface area contributed by atoms with Crippen LogP contribution in [0.25, 0.3) is 11.1 Å². The van der Waals surface area contributed by atoms with Gasteiger partial charge in [0.1, 0.15) is 6.61 Å². The molecular formula is C27H32N2O5. The van der Waals surface area contributed by atoms with Gasteiger partial charge in [0.2, 0.25) is 5.91 Å². The SMILES string of the molecule is CC(C)[C@H](CC(=O)O)NC(=O)C1CCC(NC(=O)OCC2c3ccccc3-c3ccccc32)C1. The van der Waals surface area contributed by atoms with Crippen molar-refractivity contribution in [2.75, 3.05) is 6.61 Å². The first-order chi connectivity index (χ1) is 16.3. The Morgan fingerprint density at radius 3 is 2.21 bits per heavy atom. The zero-order valence-corrected chi connectivity index (χ0v) is 19.6. The minimum absolute atomic E-state index is 0.00227. The molecule has 34 heavy (non-hydrogen) atoms. The van der Waals surface area contributed by atoms with E-state index in [-0.39, 0.29) is 42.7 Å². The predicted octanol–water partition coefficient (Wildman–Crippen LogP) is 4.31. The Labute approximate surface area is 199 Å². The van der Waals surface area contributed by atoms with Crippen molar-refractivity contribution >= 4 is 18.0 Å². The van der Waals surface area contributed by atoms with E-state index in [1.54, 1.807) is 0 Å². The van der Waals surface area contributed by atoms with Gasteiger partial charge >= 0.3 is 12.1 Å². The second-order valence-electron chi connectivity index (χ2n) is 9.63. The van der Waals surface area contributed by atoms with Crippen LogP contribution in [0, 0.1) is 11.8 Å². The lowest BCUT2D eigenvalue weighted by atomic mass is 9.98. The Bertz CT molecular complexity index is 1020. The largest absolute Gasteiger partial charge is 0.481 e. The number of rotatable bonds is 8. The number of hydrogen-bond acceptors (Lipinski definition) is 4. The number of hydrogen-bond donors (Lipinski definition) is 3. The Morgan fingerprint density at radius 1 is 1.00 bits per heavy atom. The fraction of sp³-hybridized carbons (Fsp3) is 0.444. The number of carbonyl (C=O) groups is 3. The van der Waals surface area contributed by atoms with E-state index in [1.807, 2.05) is 38.1 Å². The lowest BCUT2D eigenvalue weighted by Gasteiger charge is -2.22. The molecule has 2 aliphatic rings. The Balaban J connectivity index is 1.29. The fourth-order valence-electron chi connectivity index (χ4n) is 5.10. The first kappa shape index (κ1) is 23.8. The van der Waals surface area contributed by atoms with Crippen LogP contribution < -0.4 is 10.6 Å². The fourth-order valence-corrected chi connectivity index (χ4v) is 5.10. The average Bonchev–Trinajstić information content (AvgIpc) is 3.39. The molecule has 1 fully saturated rings. The summed E-state index contributed by atoms with van der Waals surface area (Å²) in [4.78, 5) is 36.3. The van der Waals surface area contributed by atoms with Gasteiger partial charge in [-0.3, -0.25) is 9.59 Å². The van der Waals surface area contributed by atoms with E-state index in [0.29, 0.717) is 19.3 Å². The highest BCUT2D eigenvalue weighted by Crippen LogP contribution is 2.44. The smallest absolute Gasteiger partial charge is 0.407 e. The molecular weight excluding hydrogens is 432 g/mol. The third-order valence-corrected chi connectivity index (χ3v) is 7.00. The van der Waals surface area contributed by atoms with Crippen molar-refractivity contribution in [3.8, 4) is 11.1 Å². The zero-order valence-electron chi connectivity index (χ0n) is 19.6. The van der Waals surface area contributed by atoms with E-state index < -0.39 is 18.1 Å². The molecule has 4 rings (SSSR count). The van der Waals surface area contributed by atoms with Crippen molar-refractivity contribution in [1.29, 1.82) is 0 Å². The molecule has 0 aromatic heterocycles. The van der Waals surface area contributed by atoms with E-state index in [9.17, 15) is 14.4 Å². The molecule has 180 valence electrons. The first-order valence-corrected chi connectivity index (χ1v) is 12.0. The number of alkyl carbamates (subject to hydrolysis) is 1. The number of fused-ring (bicyclic) bond motifs is 3. The molecule has 3 atom stereocenters. The lowest BCUT2D eigenvalue weighted by Crippen LogP contribution is -2.43. The van der Waals surface area contributed by atoms with Gasteiger partial charge in [0.15, 0.2) is 0 Å². The van der Waals surface area contributed by atoms with Crippen LogP contribution in [-0.2, 0) is 14.3 Å². The summed E-state index contributed by atoms with van der Waals surface area (Å²) in [5, 5.41) is 14.9. The van der Waals surface area contributed by atoms with Crippen molar-refractivity contribution in [2.45, 2.75) is 57.5 Å². The lowest BCUT2D eigenvalue weighted by molar-refractivity contribution is -0.138. The summed E-state index contributed by atoms with van der Waals surface area (Å²) in [6.07, 6.45) is 1.29. The number of ether oxygens (including phenoxy) is 1. The van der Waals surface area contributed by atoms with Crippen molar-refractivity contribution < 1.29 is 24.2 Å². The highest BCUT2D eigenvalue weighted by molar-refractivity contribution is 5.81. The molecule has 2 aromatic rings. The quantitative estimate of drug-likeness (QED) is 0.540. The van der Waals surface area contributed by atoms with Crippen molar-refractivity contribution in [2.24, 2.45) is 11.8 Å². The molecule has 2 aliphatic carbocycles. The monoisotopic (exact) mass is 464 g/mol. The van der Waals surface area contributed by atoms with E-state index in [4.69, 9.17) is 9.84 Å². The van der Waals surface area contributed by atoms with Crippen LogP contribution in [0.2, 0.25) is 0 Å². The van der Waals surface area contributed by atoms with Crippen molar-refractivity contribution in [3.05, 3.63) is 59.7 Å². The van der Waals surface area contributed by atoms with Gasteiger partial charge in [0, 0.05) is 23.9 Å². The van der Waals surface area contributed by atoms with Gasteiger partial charge in [-0.05, 0) is 47.4 Å². The van der Waals surface area contributed by atoms with Gasteiger partial charge in [-0.15, -0.1) is 0 Å². The van der Waals surface area contributed by atoms with E-state index in [1.165, 1.54) is 11.1 Å². The molecule has 0 heterocycles. The third kappa shape index (κ3) is 5.24. The number of carboxylic acid groups (broad SMARTS) is 1. The summed E-state index contributed by atoms with van der Waals surface area (Å²) in [6.45, 7) is 4.04. The zero-order chi connectivity index (χ0) is 24.2. The number of carbonyl (C=O) groups excluding carboxylic acids is 2. The summed E-state index contributed by atoms with van der Waals surface area (Å²) in [7, 11) is 0. The summed E-state index contributed by atoms with van der Waals surface area (Å²) >= 11 is 0. The van der Waals surface area contributed by atoms with Crippen molar-refractivity contribution in [3.63, 3.8) is 0 Å². The van der Waals surface area contributed by atoms with E-state index >= 15 is 0 Å². The Kier molecular flexibility index (Phi) is 7.20. The molecule has 1 saturated carbocycles. The second-order valence-corrected chi connectivity index (χ2v) is 9.63. The van der Waals surface area contributed by atoms with Gasteiger partial charge in [-0.1, -0.05) is 62.4 Å². The predicted molar refractivity (Wildman–Crippen MR) is 128 cm³/mol. The standard InChI is InChI=1S/C27H32N2O5/c1-16(2)24(14-25(30)31)29-26(32)17-11-12-18(13-17)28-27(33)34-15-23-21-9-5-3-7-19(21)20-8-4-6-10-22(20)23/h3-10,16-18,23-24H,11-15H2,1-2H3,(H,28,33)(H,29,32)(H,30,31)/t17?,18?,24-/m0/s1. The first-order valence-electron chi connectivity index (χ1n) is 12.0. The van der Waals surface area contributed by atoms with E-state index in [2.05, 4.69) is 34.9 Å². The number of aliphatic carboxylic acids is 1. The molecule has 2 amide bonds. The second kappa shape index (κ2) is 10.3. The van der Waals surface area contributed by atoms with Gasteiger partial charge in [-0.25, -0.2) is 4.79 Å². The van der Waals surface area contributed by atoms with Crippen LogP contribution >= 0.6 is 0 Å². The molecule has 0 saturated heterocycles. The highest BCUT2D eigenvalue weighted by atomic mass is 16.5. The highest BCUT2D eigenvalue weighted by Gasteiger charge is 2.33. The van der Waals surface area contributed by atoms with Gasteiger partial charge in [0.25, 0.3) is 0 Å². The van der Waals surface area contributed by atoms with Gasteiger partial charge < -0.3 is 20.5 Å². The van der Waals surface area contributed by atoms with Crippen LogP contribution in [0.5, 0.6) is 0 Å². The molecule has 7 nitrogen and oxygen atoms in total. The van der Waals surface area contributed by atoms with Gasteiger partial charge in [-0.2, -0.15) is 0 Å². The summed E-state index contributed by atoms with van der Waals surface area (Å²) in [5.41, 5.74) is 4.68.